The molecule has 1 aliphatic heterocycles. The molecule has 3 atom stereocenters. The number of rotatable bonds is 4. The van der Waals surface area contributed by atoms with E-state index in [1.165, 1.54) is 16.8 Å². The fourth-order valence-corrected chi connectivity index (χ4v) is 2.61. The van der Waals surface area contributed by atoms with Gasteiger partial charge in [0, 0.05) is 30.8 Å². The number of benzene rings is 1. The average molecular weight is 331 g/mol. The first-order valence-electron chi connectivity index (χ1n) is 7.53. The molecule has 3 N–H and O–H groups in total. The number of amides is 1. The van der Waals surface area contributed by atoms with Gasteiger partial charge in [-0.25, -0.2) is 4.79 Å². The molecule has 24 heavy (non-hydrogen) atoms. The van der Waals surface area contributed by atoms with E-state index >= 15 is 0 Å². The molecule has 1 fully saturated rings. The Labute approximate surface area is 136 Å². The molecule has 8 heteroatoms. The zero-order chi connectivity index (χ0) is 17.1. The molecule has 0 saturated carbocycles. The zero-order valence-corrected chi connectivity index (χ0v) is 12.7. The van der Waals surface area contributed by atoms with E-state index in [0.29, 0.717) is 5.56 Å². The minimum Gasteiger partial charge on any atom is -0.390 e. The van der Waals surface area contributed by atoms with Crippen LogP contribution >= 0.6 is 0 Å². The number of H-pyrrole nitrogens is 1. The smallest absolute Gasteiger partial charge is 0.330 e. The van der Waals surface area contributed by atoms with Gasteiger partial charge in [0.15, 0.2) is 0 Å². The summed E-state index contributed by atoms with van der Waals surface area (Å²) in [7, 11) is 0. The number of nitrogens with one attached hydrogen (secondary N) is 2. The molecular formula is C16H17N3O5. The van der Waals surface area contributed by atoms with Crippen molar-refractivity contribution >= 4 is 5.91 Å². The van der Waals surface area contributed by atoms with Crippen LogP contribution in [-0.4, -0.2) is 39.3 Å². The maximum absolute atomic E-state index is 12.0. The second-order valence-corrected chi connectivity index (χ2v) is 5.53. The lowest BCUT2D eigenvalue weighted by Crippen LogP contribution is -2.37. The van der Waals surface area contributed by atoms with Crippen LogP contribution in [0, 0.1) is 0 Å². The van der Waals surface area contributed by atoms with Gasteiger partial charge in [0.05, 0.1) is 6.10 Å². The highest BCUT2D eigenvalue weighted by Crippen LogP contribution is 2.27. The third-order valence-electron chi connectivity index (χ3n) is 3.87. The Morgan fingerprint density at radius 3 is 2.75 bits per heavy atom. The number of nitrogens with zero attached hydrogens (tertiary/aromatic N) is 1. The lowest BCUT2D eigenvalue weighted by Gasteiger charge is -2.16. The summed E-state index contributed by atoms with van der Waals surface area (Å²) >= 11 is 0. The van der Waals surface area contributed by atoms with Crippen molar-refractivity contribution in [2.45, 2.75) is 24.9 Å². The predicted octanol–water partition coefficient (Wildman–Crippen LogP) is -0.385. The first-order chi connectivity index (χ1) is 11.5. The Hall–Kier alpha value is -2.71. The number of carbonyl (C=O) groups is 1. The summed E-state index contributed by atoms with van der Waals surface area (Å²) in [6, 6.07) is 9.91. The summed E-state index contributed by atoms with van der Waals surface area (Å²) in [5.74, 6) is -0.268. The molecule has 1 saturated heterocycles. The summed E-state index contributed by atoms with van der Waals surface area (Å²) in [4.78, 5) is 37.0. The van der Waals surface area contributed by atoms with Crippen LogP contribution in [-0.2, 0) is 4.74 Å². The average Bonchev–Trinajstić information content (AvgIpc) is 2.94. The molecule has 1 aromatic heterocycles. The van der Waals surface area contributed by atoms with Crippen molar-refractivity contribution in [3.05, 3.63) is 69.0 Å². The fraction of sp³-hybridized carbons (Fsp3) is 0.312. The molecule has 126 valence electrons. The number of hydrogen-bond acceptors (Lipinski definition) is 5. The van der Waals surface area contributed by atoms with Crippen LogP contribution in [0.25, 0.3) is 0 Å². The summed E-state index contributed by atoms with van der Waals surface area (Å²) in [6.07, 6.45) is -0.643. The minimum absolute atomic E-state index is 0.115. The molecule has 0 bridgehead atoms. The molecule has 2 aromatic rings. The molecule has 3 rings (SSSR count). The number of aliphatic hydroxyl groups excluding tert-OH is 1. The van der Waals surface area contributed by atoms with E-state index in [-0.39, 0.29) is 18.9 Å². The Kier molecular flexibility index (Phi) is 4.59. The molecule has 0 unspecified atom stereocenters. The molecule has 0 spiro atoms. The van der Waals surface area contributed by atoms with Gasteiger partial charge in [0.1, 0.15) is 12.3 Å². The van der Waals surface area contributed by atoms with E-state index in [9.17, 15) is 19.5 Å². The number of carbonyl (C=O) groups excluding carboxylic acids is 1. The molecule has 1 aromatic carbocycles. The van der Waals surface area contributed by atoms with Crippen LogP contribution in [0.2, 0.25) is 0 Å². The predicted molar refractivity (Wildman–Crippen MR) is 84.6 cm³/mol. The Morgan fingerprint density at radius 1 is 1.29 bits per heavy atom. The van der Waals surface area contributed by atoms with E-state index in [2.05, 4.69) is 10.3 Å². The topological polar surface area (TPSA) is 113 Å². The molecule has 1 aliphatic rings. The van der Waals surface area contributed by atoms with Gasteiger partial charge in [-0.15, -0.1) is 0 Å². The molecular weight excluding hydrogens is 314 g/mol. The van der Waals surface area contributed by atoms with Crippen molar-refractivity contribution in [1.29, 1.82) is 0 Å². The molecule has 2 heterocycles. The number of aromatic nitrogens is 2. The number of aromatic amines is 1. The van der Waals surface area contributed by atoms with Crippen LogP contribution in [0.15, 0.2) is 52.2 Å². The number of ether oxygens (including phenoxy) is 1. The molecule has 0 radical (unpaired) electrons. The van der Waals surface area contributed by atoms with Crippen LogP contribution in [0.1, 0.15) is 23.0 Å². The largest absolute Gasteiger partial charge is 0.390 e. The number of hydrogen-bond donors (Lipinski definition) is 3. The Balaban J connectivity index is 1.63. The van der Waals surface area contributed by atoms with Gasteiger partial charge in [-0.2, -0.15) is 0 Å². The standard InChI is InChI=1S/C16H17N3O5/c20-11-8-14(19-7-6-13(21)18-16(19)23)24-12(11)9-17-15(22)10-4-2-1-3-5-10/h1-7,11-12,14,20H,8-9H2,(H,17,22)(H,18,21,23)/t11-,12+,14+/m0/s1. The monoisotopic (exact) mass is 331 g/mol. The molecule has 1 amide bonds. The molecule has 0 aliphatic carbocycles. The normalized spacial score (nSPS) is 23.1. The lowest BCUT2D eigenvalue weighted by molar-refractivity contribution is -0.0186. The van der Waals surface area contributed by atoms with Gasteiger partial charge < -0.3 is 15.2 Å². The van der Waals surface area contributed by atoms with Gasteiger partial charge in [-0.3, -0.25) is 19.1 Å². The second kappa shape index (κ2) is 6.81. The van der Waals surface area contributed by atoms with Crippen molar-refractivity contribution in [2.24, 2.45) is 0 Å². The zero-order valence-electron chi connectivity index (χ0n) is 12.7. The highest BCUT2D eigenvalue weighted by atomic mass is 16.5. The van der Waals surface area contributed by atoms with E-state index in [1.54, 1.807) is 24.3 Å². The van der Waals surface area contributed by atoms with Crippen molar-refractivity contribution in [1.82, 2.24) is 14.9 Å². The maximum Gasteiger partial charge on any atom is 0.330 e. The summed E-state index contributed by atoms with van der Waals surface area (Å²) in [6.45, 7) is 0.115. The van der Waals surface area contributed by atoms with E-state index in [0.717, 1.165) is 0 Å². The summed E-state index contributed by atoms with van der Waals surface area (Å²) in [5, 5.41) is 12.8. The third-order valence-corrected chi connectivity index (χ3v) is 3.87. The minimum atomic E-state index is -0.829. The summed E-state index contributed by atoms with van der Waals surface area (Å²) in [5.41, 5.74) is -0.589. The maximum atomic E-state index is 12.0. The van der Waals surface area contributed by atoms with Crippen LogP contribution in [0.5, 0.6) is 0 Å². The summed E-state index contributed by atoms with van der Waals surface area (Å²) < 4.78 is 6.85. The van der Waals surface area contributed by atoms with E-state index in [1.807, 2.05) is 6.07 Å². The first-order valence-corrected chi connectivity index (χ1v) is 7.53. The highest BCUT2D eigenvalue weighted by molar-refractivity contribution is 5.94. The third kappa shape index (κ3) is 3.44. The van der Waals surface area contributed by atoms with Gasteiger partial charge in [-0.05, 0) is 12.1 Å². The SMILES string of the molecule is O=C(NC[C@H]1O[C@@H](n2ccc(=O)[nH]c2=O)C[C@@H]1O)c1ccccc1. The highest BCUT2D eigenvalue weighted by Gasteiger charge is 2.35. The Bertz CT molecular complexity index is 829. The van der Waals surface area contributed by atoms with Crippen molar-refractivity contribution in [2.75, 3.05) is 6.54 Å². The second-order valence-electron chi connectivity index (χ2n) is 5.53. The van der Waals surface area contributed by atoms with Gasteiger partial charge in [-0.1, -0.05) is 18.2 Å². The van der Waals surface area contributed by atoms with Crippen molar-refractivity contribution < 1.29 is 14.6 Å². The molecule has 8 nitrogen and oxygen atoms in total. The first kappa shape index (κ1) is 16.2. The van der Waals surface area contributed by atoms with Gasteiger partial charge in [0.2, 0.25) is 0 Å². The number of aliphatic hydroxyl groups is 1. The van der Waals surface area contributed by atoms with Crippen LogP contribution < -0.4 is 16.6 Å². The quantitative estimate of drug-likeness (QED) is 0.706. The van der Waals surface area contributed by atoms with Crippen LogP contribution in [0.3, 0.4) is 0 Å². The fourth-order valence-electron chi connectivity index (χ4n) is 2.61. The van der Waals surface area contributed by atoms with Crippen molar-refractivity contribution in [3.63, 3.8) is 0 Å². The Morgan fingerprint density at radius 2 is 2.04 bits per heavy atom. The lowest BCUT2D eigenvalue weighted by atomic mass is 10.1. The van der Waals surface area contributed by atoms with E-state index < -0.39 is 29.7 Å². The van der Waals surface area contributed by atoms with Crippen LogP contribution in [0.4, 0.5) is 0 Å². The van der Waals surface area contributed by atoms with E-state index in [4.69, 9.17) is 4.74 Å². The van der Waals surface area contributed by atoms with Gasteiger partial charge in [0.25, 0.3) is 11.5 Å². The van der Waals surface area contributed by atoms with Crippen molar-refractivity contribution in [3.8, 4) is 0 Å². The van der Waals surface area contributed by atoms with Gasteiger partial charge >= 0.3 is 5.69 Å².